The molecule has 0 spiro atoms. The topological polar surface area (TPSA) is 61.8 Å². The van der Waals surface area contributed by atoms with E-state index in [9.17, 15) is 9.59 Å². The van der Waals surface area contributed by atoms with E-state index in [1.807, 2.05) is 17.5 Å². The van der Waals surface area contributed by atoms with E-state index in [-0.39, 0.29) is 18.2 Å². The Morgan fingerprint density at radius 3 is 2.83 bits per heavy atom. The number of benzene rings is 1. The van der Waals surface area contributed by atoms with E-state index in [2.05, 4.69) is 10.5 Å². The van der Waals surface area contributed by atoms with Gasteiger partial charge in [0.25, 0.3) is 0 Å². The molecule has 1 saturated heterocycles. The van der Waals surface area contributed by atoms with Crippen molar-refractivity contribution in [3.63, 3.8) is 0 Å². The lowest BCUT2D eigenvalue weighted by Gasteiger charge is -2.16. The predicted octanol–water partition coefficient (Wildman–Crippen LogP) is 2.90. The zero-order chi connectivity index (χ0) is 16.2. The molecule has 1 N–H and O–H groups in total. The monoisotopic (exact) mass is 347 g/mol. The summed E-state index contributed by atoms with van der Waals surface area (Å²) in [4.78, 5) is 26.8. The van der Waals surface area contributed by atoms with E-state index in [0.29, 0.717) is 11.6 Å². The van der Waals surface area contributed by atoms with Crippen LogP contribution in [0.4, 0.5) is 5.69 Å². The van der Waals surface area contributed by atoms with Crippen molar-refractivity contribution in [2.75, 3.05) is 11.4 Å². The van der Waals surface area contributed by atoms with Crippen LogP contribution in [0.25, 0.3) is 0 Å². The van der Waals surface area contributed by atoms with Crippen molar-refractivity contribution >= 4 is 46.7 Å². The number of amides is 2. The van der Waals surface area contributed by atoms with Crippen molar-refractivity contribution in [1.29, 1.82) is 0 Å². The summed E-state index contributed by atoms with van der Waals surface area (Å²) in [6, 6.07) is 10.8. The number of hydrogen-bond acceptors (Lipinski definition) is 4. The van der Waals surface area contributed by atoms with Gasteiger partial charge in [-0.25, -0.2) is 5.43 Å². The molecule has 23 heavy (non-hydrogen) atoms. The number of halogens is 1. The fourth-order valence-corrected chi connectivity index (χ4v) is 3.08. The van der Waals surface area contributed by atoms with Crippen molar-refractivity contribution in [3.05, 3.63) is 51.7 Å². The minimum Gasteiger partial charge on any atom is -0.312 e. The Labute approximate surface area is 142 Å². The fraction of sp³-hybridized carbons (Fsp3) is 0.188. The summed E-state index contributed by atoms with van der Waals surface area (Å²) in [5.41, 5.74) is 3.25. The minimum absolute atomic E-state index is 0.0743. The SMILES string of the molecule is O=C(N/N=C\c1cccs1)[C@H]1CC(=O)N(c2ccc(Cl)cc2)C1. The molecule has 0 unspecified atom stereocenters. The van der Waals surface area contributed by atoms with Gasteiger partial charge >= 0.3 is 0 Å². The van der Waals surface area contributed by atoms with Crippen LogP contribution in [0.15, 0.2) is 46.9 Å². The summed E-state index contributed by atoms with van der Waals surface area (Å²) < 4.78 is 0. The Kier molecular flexibility index (Phi) is 4.73. The van der Waals surface area contributed by atoms with Crippen LogP contribution >= 0.6 is 22.9 Å². The maximum absolute atomic E-state index is 12.1. The van der Waals surface area contributed by atoms with Gasteiger partial charge < -0.3 is 4.90 Å². The molecule has 2 amide bonds. The molecule has 0 saturated carbocycles. The Hall–Kier alpha value is -2.18. The molecule has 1 aliphatic rings. The molecule has 5 nitrogen and oxygen atoms in total. The van der Waals surface area contributed by atoms with E-state index >= 15 is 0 Å². The van der Waals surface area contributed by atoms with E-state index < -0.39 is 5.92 Å². The highest BCUT2D eigenvalue weighted by molar-refractivity contribution is 7.11. The van der Waals surface area contributed by atoms with Gasteiger partial charge in [-0.1, -0.05) is 17.7 Å². The second-order valence-electron chi connectivity index (χ2n) is 5.13. The molecule has 7 heteroatoms. The maximum atomic E-state index is 12.1. The summed E-state index contributed by atoms with van der Waals surface area (Å²) in [5.74, 6) is -0.726. The first-order valence-electron chi connectivity index (χ1n) is 7.06. The zero-order valence-electron chi connectivity index (χ0n) is 12.1. The number of hydrazone groups is 1. The van der Waals surface area contributed by atoms with Crippen molar-refractivity contribution in [2.24, 2.45) is 11.0 Å². The van der Waals surface area contributed by atoms with Gasteiger partial charge in [0.15, 0.2) is 0 Å². The second-order valence-corrected chi connectivity index (χ2v) is 6.55. The first kappa shape index (κ1) is 15.7. The van der Waals surface area contributed by atoms with Crippen molar-refractivity contribution in [2.45, 2.75) is 6.42 Å². The lowest BCUT2D eigenvalue weighted by molar-refractivity contribution is -0.126. The highest BCUT2D eigenvalue weighted by Crippen LogP contribution is 2.26. The zero-order valence-corrected chi connectivity index (χ0v) is 13.7. The Morgan fingerprint density at radius 1 is 1.35 bits per heavy atom. The highest BCUT2D eigenvalue weighted by atomic mass is 35.5. The number of nitrogens with one attached hydrogen (secondary N) is 1. The number of anilines is 1. The molecule has 0 aliphatic carbocycles. The first-order valence-corrected chi connectivity index (χ1v) is 8.31. The van der Waals surface area contributed by atoms with Crippen LogP contribution in [0.1, 0.15) is 11.3 Å². The summed E-state index contributed by atoms with van der Waals surface area (Å²) in [6.45, 7) is 0.348. The van der Waals surface area contributed by atoms with Gasteiger partial charge in [-0.3, -0.25) is 9.59 Å². The van der Waals surface area contributed by atoms with Gasteiger partial charge in [-0.15, -0.1) is 11.3 Å². The quantitative estimate of drug-likeness (QED) is 0.682. The molecule has 1 aromatic carbocycles. The molecule has 3 rings (SSSR count). The third-order valence-corrected chi connectivity index (χ3v) is 4.60. The smallest absolute Gasteiger partial charge is 0.245 e. The van der Waals surface area contributed by atoms with Crippen molar-refractivity contribution in [1.82, 2.24) is 5.43 Å². The number of rotatable bonds is 4. The summed E-state index contributed by atoms with van der Waals surface area (Å²) >= 11 is 7.38. The summed E-state index contributed by atoms with van der Waals surface area (Å²) in [6.07, 6.45) is 1.78. The Morgan fingerprint density at radius 2 is 2.13 bits per heavy atom. The van der Waals surface area contributed by atoms with Crippen LogP contribution in [0.3, 0.4) is 0 Å². The second kappa shape index (κ2) is 6.93. The van der Waals surface area contributed by atoms with Gasteiger partial charge in [0.1, 0.15) is 0 Å². The van der Waals surface area contributed by atoms with Gasteiger partial charge in [0, 0.05) is 28.6 Å². The van der Waals surface area contributed by atoms with Gasteiger partial charge in [-0.2, -0.15) is 5.10 Å². The Bertz CT molecular complexity index is 728. The number of carbonyl (C=O) groups excluding carboxylic acids is 2. The molecule has 0 radical (unpaired) electrons. The molecule has 2 aromatic rings. The number of hydrogen-bond donors (Lipinski definition) is 1. The Balaban J connectivity index is 1.60. The predicted molar refractivity (Wildman–Crippen MR) is 92.0 cm³/mol. The molecule has 1 aliphatic heterocycles. The average molecular weight is 348 g/mol. The van der Waals surface area contributed by atoms with E-state index in [1.54, 1.807) is 35.4 Å². The van der Waals surface area contributed by atoms with Crippen LogP contribution in [0, 0.1) is 5.92 Å². The molecule has 0 bridgehead atoms. The van der Waals surface area contributed by atoms with Crippen LogP contribution < -0.4 is 10.3 Å². The van der Waals surface area contributed by atoms with E-state index in [1.165, 1.54) is 11.3 Å². The first-order chi connectivity index (χ1) is 11.1. The van der Waals surface area contributed by atoms with E-state index in [4.69, 9.17) is 11.6 Å². The van der Waals surface area contributed by atoms with Crippen LogP contribution in [0.2, 0.25) is 5.02 Å². The fourth-order valence-electron chi connectivity index (χ4n) is 2.37. The van der Waals surface area contributed by atoms with E-state index in [0.717, 1.165) is 10.6 Å². The van der Waals surface area contributed by atoms with Crippen LogP contribution in [-0.2, 0) is 9.59 Å². The highest BCUT2D eigenvalue weighted by Gasteiger charge is 2.35. The molecule has 1 aromatic heterocycles. The van der Waals surface area contributed by atoms with Gasteiger partial charge in [0.2, 0.25) is 11.8 Å². The molecule has 118 valence electrons. The lowest BCUT2D eigenvalue weighted by Crippen LogP contribution is -2.30. The van der Waals surface area contributed by atoms with Crippen LogP contribution in [-0.4, -0.2) is 24.6 Å². The minimum atomic E-state index is -0.404. The molecule has 1 atom stereocenters. The average Bonchev–Trinajstić information content (AvgIpc) is 3.18. The van der Waals surface area contributed by atoms with Crippen LogP contribution in [0.5, 0.6) is 0 Å². The molecule has 2 heterocycles. The summed E-state index contributed by atoms with van der Waals surface area (Å²) in [7, 11) is 0. The summed E-state index contributed by atoms with van der Waals surface area (Å²) in [5, 5.41) is 6.47. The third-order valence-electron chi connectivity index (χ3n) is 3.54. The lowest BCUT2D eigenvalue weighted by atomic mass is 10.1. The standard InChI is InChI=1S/C16H14ClN3O2S/c17-12-3-5-13(6-4-12)20-10-11(8-15(20)21)16(22)19-18-9-14-2-1-7-23-14/h1-7,9,11H,8,10H2,(H,19,22)/b18-9-/t11-/m0/s1. The molecular formula is C16H14ClN3O2S. The van der Waals surface area contributed by atoms with Crippen molar-refractivity contribution < 1.29 is 9.59 Å². The van der Waals surface area contributed by atoms with Crippen molar-refractivity contribution in [3.8, 4) is 0 Å². The van der Waals surface area contributed by atoms with Gasteiger partial charge in [-0.05, 0) is 35.7 Å². The third kappa shape index (κ3) is 3.78. The number of carbonyl (C=O) groups is 2. The van der Waals surface area contributed by atoms with Gasteiger partial charge in [0.05, 0.1) is 12.1 Å². The number of thiophene rings is 1. The largest absolute Gasteiger partial charge is 0.312 e. The maximum Gasteiger partial charge on any atom is 0.245 e. The number of nitrogens with zero attached hydrogens (tertiary/aromatic N) is 2. The molecular weight excluding hydrogens is 334 g/mol. The normalized spacial score (nSPS) is 17.9. The molecule has 1 fully saturated rings.